The molecule has 0 spiro atoms. The first-order chi connectivity index (χ1) is 4.34. The van der Waals surface area contributed by atoms with Crippen molar-refractivity contribution in [2.45, 2.75) is 11.9 Å². The zero-order valence-electron chi connectivity index (χ0n) is 4.75. The Morgan fingerprint density at radius 2 is 2.67 bits per heavy atom. The molecule has 2 nitrogen and oxygen atoms in total. The number of halogens is 1. The first kappa shape index (κ1) is 6.49. The number of allylic oxidation sites excluding steroid dienone is 1. The van der Waals surface area contributed by atoms with Crippen LogP contribution in [0.1, 0.15) is 6.42 Å². The normalized spacial score (nSPS) is 25.4. The smallest absolute Gasteiger partial charge is 0.151 e. The van der Waals surface area contributed by atoms with Gasteiger partial charge in [0.15, 0.2) is 5.50 Å². The van der Waals surface area contributed by atoms with Crippen LogP contribution in [0.4, 0.5) is 0 Å². The van der Waals surface area contributed by atoms with Crippen LogP contribution in [0.5, 0.6) is 0 Å². The second kappa shape index (κ2) is 2.78. The van der Waals surface area contributed by atoms with Crippen molar-refractivity contribution in [1.82, 2.24) is 0 Å². The Morgan fingerprint density at radius 1 is 1.89 bits per heavy atom. The van der Waals surface area contributed by atoms with Gasteiger partial charge >= 0.3 is 0 Å². The van der Waals surface area contributed by atoms with Gasteiger partial charge < -0.3 is 0 Å². The standard InChI is InChI=1S/C6H6ClNO/c7-6-5(4-9)2-1-3-8-6/h2-4,6H,1H2. The Kier molecular flexibility index (Phi) is 2.01. The summed E-state index contributed by atoms with van der Waals surface area (Å²) in [6.07, 6.45) is 4.94. The van der Waals surface area contributed by atoms with Crippen molar-refractivity contribution in [3.05, 3.63) is 11.6 Å². The fourth-order valence-electron chi connectivity index (χ4n) is 0.630. The zero-order valence-corrected chi connectivity index (χ0v) is 5.51. The number of hydrogen-bond donors (Lipinski definition) is 0. The van der Waals surface area contributed by atoms with Gasteiger partial charge in [-0.25, -0.2) is 0 Å². The van der Waals surface area contributed by atoms with Gasteiger partial charge in [-0.05, 0) is 0 Å². The molecule has 0 aromatic carbocycles. The van der Waals surface area contributed by atoms with Crippen LogP contribution in [0, 0.1) is 0 Å². The van der Waals surface area contributed by atoms with Gasteiger partial charge in [0.25, 0.3) is 0 Å². The Morgan fingerprint density at radius 3 is 3.11 bits per heavy atom. The molecular weight excluding hydrogens is 138 g/mol. The lowest BCUT2D eigenvalue weighted by Crippen LogP contribution is -2.05. The molecule has 0 aromatic heterocycles. The van der Waals surface area contributed by atoms with Crippen molar-refractivity contribution in [2.75, 3.05) is 0 Å². The third-order valence-electron chi connectivity index (χ3n) is 1.11. The van der Waals surface area contributed by atoms with Crippen LogP contribution < -0.4 is 0 Å². The third-order valence-corrected chi connectivity index (χ3v) is 1.47. The number of nitrogens with zero attached hydrogens (tertiary/aromatic N) is 1. The van der Waals surface area contributed by atoms with Crippen molar-refractivity contribution >= 4 is 24.1 Å². The molecule has 0 N–H and O–H groups in total. The summed E-state index contributed by atoms with van der Waals surface area (Å²) in [5.74, 6) is 0. The summed E-state index contributed by atoms with van der Waals surface area (Å²) in [4.78, 5) is 14.0. The van der Waals surface area contributed by atoms with Crippen LogP contribution in [0.2, 0.25) is 0 Å². The summed E-state index contributed by atoms with van der Waals surface area (Å²) >= 11 is 5.59. The summed E-state index contributed by atoms with van der Waals surface area (Å²) in [6.45, 7) is 0. The van der Waals surface area contributed by atoms with E-state index in [0.717, 1.165) is 12.7 Å². The molecule has 48 valence electrons. The second-order valence-corrected chi connectivity index (χ2v) is 2.14. The van der Waals surface area contributed by atoms with Crippen molar-refractivity contribution < 1.29 is 4.79 Å². The Bertz CT molecular complexity index is 174. The number of hydrogen-bond acceptors (Lipinski definition) is 2. The molecule has 3 heteroatoms. The van der Waals surface area contributed by atoms with E-state index in [1.807, 2.05) is 0 Å². The molecule has 1 aliphatic rings. The number of carbonyl (C=O) groups is 1. The lowest BCUT2D eigenvalue weighted by molar-refractivity contribution is -0.105. The molecule has 1 heterocycles. The number of aldehydes is 1. The average molecular weight is 144 g/mol. The molecule has 1 unspecified atom stereocenters. The molecule has 0 aliphatic carbocycles. The number of carbonyl (C=O) groups excluding carboxylic acids is 1. The minimum absolute atomic E-state index is 0.448. The van der Waals surface area contributed by atoms with Gasteiger partial charge in [-0.1, -0.05) is 17.7 Å². The van der Waals surface area contributed by atoms with E-state index in [1.165, 1.54) is 0 Å². The highest BCUT2D eigenvalue weighted by Crippen LogP contribution is 2.12. The van der Waals surface area contributed by atoms with Crippen LogP contribution in [-0.4, -0.2) is 18.0 Å². The average Bonchev–Trinajstić information content (AvgIpc) is 1.89. The monoisotopic (exact) mass is 143 g/mol. The molecule has 9 heavy (non-hydrogen) atoms. The summed E-state index contributed by atoms with van der Waals surface area (Å²) < 4.78 is 0. The highest BCUT2D eigenvalue weighted by atomic mass is 35.5. The predicted molar refractivity (Wildman–Crippen MR) is 36.9 cm³/mol. The van der Waals surface area contributed by atoms with Gasteiger partial charge in [0, 0.05) is 18.2 Å². The van der Waals surface area contributed by atoms with Crippen LogP contribution in [0.25, 0.3) is 0 Å². The van der Waals surface area contributed by atoms with E-state index in [1.54, 1.807) is 12.3 Å². The number of alkyl halides is 1. The number of aliphatic imine (C=N–C) groups is 1. The van der Waals surface area contributed by atoms with Gasteiger partial charge in [-0.2, -0.15) is 0 Å². The van der Waals surface area contributed by atoms with Gasteiger partial charge in [0.05, 0.1) is 0 Å². The van der Waals surface area contributed by atoms with Crippen LogP contribution in [0.3, 0.4) is 0 Å². The SMILES string of the molecule is O=CC1=CCC=NC1Cl. The van der Waals surface area contributed by atoms with Crippen LogP contribution in [-0.2, 0) is 4.79 Å². The first-order valence-corrected chi connectivity index (χ1v) is 3.09. The molecule has 0 saturated carbocycles. The van der Waals surface area contributed by atoms with Gasteiger partial charge in [0.2, 0.25) is 0 Å². The molecule has 1 atom stereocenters. The Balaban J connectivity index is 2.70. The topological polar surface area (TPSA) is 29.4 Å². The fourth-order valence-corrected chi connectivity index (χ4v) is 0.850. The summed E-state index contributed by atoms with van der Waals surface area (Å²) in [7, 11) is 0. The van der Waals surface area contributed by atoms with Crippen LogP contribution >= 0.6 is 11.6 Å². The van der Waals surface area contributed by atoms with E-state index in [2.05, 4.69) is 4.99 Å². The summed E-state index contributed by atoms with van der Waals surface area (Å²) in [6, 6.07) is 0. The molecule has 0 bridgehead atoms. The fraction of sp³-hybridized carbons (Fsp3) is 0.333. The number of rotatable bonds is 1. The van der Waals surface area contributed by atoms with Gasteiger partial charge in [0.1, 0.15) is 6.29 Å². The predicted octanol–water partition coefficient (Wildman–Crippen LogP) is 1.15. The van der Waals surface area contributed by atoms with E-state index in [-0.39, 0.29) is 0 Å². The molecule has 0 fully saturated rings. The third kappa shape index (κ3) is 1.39. The van der Waals surface area contributed by atoms with Crippen molar-refractivity contribution in [3.8, 4) is 0 Å². The lowest BCUT2D eigenvalue weighted by Gasteiger charge is -2.05. The van der Waals surface area contributed by atoms with Gasteiger partial charge in [-0.15, -0.1) is 0 Å². The minimum atomic E-state index is -0.448. The van der Waals surface area contributed by atoms with Crippen LogP contribution in [0.15, 0.2) is 16.6 Å². The Hall–Kier alpha value is -0.630. The molecule has 0 aromatic rings. The number of dihydropyridines is 1. The molecule has 1 rings (SSSR count). The molecule has 0 amide bonds. The molecule has 0 saturated heterocycles. The van der Waals surface area contributed by atoms with E-state index >= 15 is 0 Å². The highest BCUT2D eigenvalue weighted by Gasteiger charge is 2.08. The van der Waals surface area contributed by atoms with Crippen molar-refractivity contribution in [2.24, 2.45) is 4.99 Å². The molecular formula is C6H6ClNO. The quantitative estimate of drug-likeness (QED) is 0.308. The lowest BCUT2D eigenvalue weighted by atomic mass is 10.2. The van der Waals surface area contributed by atoms with E-state index in [0.29, 0.717) is 5.57 Å². The molecule has 1 aliphatic heterocycles. The summed E-state index contributed by atoms with van der Waals surface area (Å²) in [5.41, 5.74) is 0.121. The first-order valence-electron chi connectivity index (χ1n) is 2.65. The van der Waals surface area contributed by atoms with Gasteiger partial charge in [-0.3, -0.25) is 9.79 Å². The Labute approximate surface area is 58.2 Å². The zero-order chi connectivity index (χ0) is 6.69. The van der Waals surface area contributed by atoms with Crippen molar-refractivity contribution in [3.63, 3.8) is 0 Å². The van der Waals surface area contributed by atoms with E-state index in [4.69, 9.17) is 11.6 Å². The van der Waals surface area contributed by atoms with Crippen molar-refractivity contribution in [1.29, 1.82) is 0 Å². The van der Waals surface area contributed by atoms with E-state index < -0.39 is 5.50 Å². The highest BCUT2D eigenvalue weighted by molar-refractivity contribution is 6.24. The summed E-state index contributed by atoms with van der Waals surface area (Å²) in [5, 5.41) is 0. The van der Waals surface area contributed by atoms with E-state index in [9.17, 15) is 4.79 Å². The maximum atomic E-state index is 10.1. The minimum Gasteiger partial charge on any atom is -0.298 e. The molecule has 0 radical (unpaired) electrons. The maximum absolute atomic E-state index is 10.1. The largest absolute Gasteiger partial charge is 0.298 e. The second-order valence-electron chi connectivity index (χ2n) is 1.73. The maximum Gasteiger partial charge on any atom is 0.151 e.